The zero-order valence-electron chi connectivity index (χ0n) is 17.5. The van der Waals surface area contributed by atoms with Gasteiger partial charge in [0, 0.05) is 23.4 Å². The van der Waals surface area contributed by atoms with Gasteiger partial charge in [0.05, 0.1) is 18.7 Å². The summed E-state index contributed by atoms with van der Waals surface area (Å²) >= 11 is 3.45. The molecule has 160 valence electrons. The van der Waals surface area contributed by atoms with Crippen molar-refractivity contribution in [3.05, 3.63) is 87.4 Å². The smallest absolute Gasteiger partial charge is 0.255 e. The molecule has 3 aromatic rings. The molecule has 3 rings (SSSR count). The number of ether oxygens (including phenoxy) is 2. The number of rotatable bonds is 7. The summed E-state index contributed by atoms with van der Waals surface area (Å²) in [6, 6.07) is 17.8. The molecule has 2 N–H and O–H groups in total. The van der Waals surface area contributed by atoms with Crippen molar-refractivity contribution in [3.8, 4) is 11.5 Å². The second-order valence-electron chi connectivity index (χ2n) is 6.85. The van der Waals surface area contributed by atoms with Crippen LogP contribution in [0.5, 0.6) is 11.5 Å². The van der Waals surface area contributed by atoms with Crippen LogP contribution in [0.15, 0.2) is 65.1 Å². The number of aryl methyl sites for hydroxylation is 1. The van der Waals surface area contributed by atoms with Crippen molar-refractivity contribution in [1.29, 1.82) is 0 Å². The highest BCUT2D eigenvalue weighted by atomic mass is 79.9. The summed E-state index contributed by atoms with van der Waals surface area (Å²) < 4.78 is 11.4. The number of anilines is 1. The first-order valence-electron chi connectivity index (χ1n) is 9.58. The van der Waals surface area contributed by atoms with E-state index in [4.69, 9.17) is 9.47 Å². The zero-order chi connectivity index (χ0) is 22.4. The largest absolute Gasteiger partial charge is 0.493 e. The number of methoxy groups -OCH3 is 2. The van der Waals surface area contributed by atoms with Crippen molar-refractivity contribution in [2.45, 2.75) is 13.5 Å². The molecule has 2 amide bonds. The van der Waals surface area contributed by atoms with Crippen molar-refractivity contribution in [2.75, 3.05) is 19.5 Å². The minimum Gasteiger partial charge on any atom is -0.493 e. The second kappa shape index (κ2) is 10.1. The van der Waals surface area contributed by atoms with Gasteiger partial charge < -0.3 is 20.1 Å². The molecule has 0 saturated carbocycles. The number of halogens is 1. The Bertz CT molecular complexity index is 1100. The summed E-state index contributed by atoms with van der Waals surface area (Å²) in [5.74, 6) is 0.690. The van der Waals surface area contributed by atoms with Gasteiger partial charge in [0.25, 0.3) is 11.8 Å². The monoisotopic (exact) mass is 482 g/mol. The summed E-state index contributed by atoms with van der Waals surface area (Å²) in [7, 11) is 3.12. The molecule has 0 unspecified atom stereocenters. The van der Waals surface area contributed by atoms with Gasteiger partial charge in [0.1, 0.15) is 0 Å². The van der Waals surface area contributed by atoms with Crippen LogP contribution in [0, 0.1) is 6.92 Å². The fourth-order valence-corrected chi connectivity index (χ4v) is 3.69. The molecule has 0 aliphatic carbocycles. The number of carbonyl (C=O) groups excluding carboxylic acids is 2. The molecule has 0 radical (unpaired) electrons. The minimum absolute atomic E-state index is 0.226. The first-order valence-corrected chi connectivity index (χ1v) is 10.4. The maximum atomic E-state index is 12.7. The van der Waals surface area contributed by atoms with E-state index in [1.165, 1.54) is 0 Å². The highest BCUT2D eigenvalue weighted by Crippen LogP contribution is 2.36. The fraction of sp³-hybridized carbons (Fsp3) is 0.167. The molecule has 0 aliphatic heterocycles. The molecule has 0 saturated heterocycles. The van der Waals surface area contributed by atoms with Crippen LogP contribution in [0.1, 0.15) is 31.8 Å². The van der Waals surface area contributed by atoms with Gasteiger partial charge in [-0.3, -0.25) is 9.59 Å². The Labute approximate surface area is 189 Å². The van der Waals surface area contributed by atoms with Crippen LogP contribution in [-0.4, -0.2) is 26.0 Å². The Morgan fingerprint density at radius 2 is 1.65 bits per heavy atom. The van der Waals surface area contributed by atoms with Crippen molar-refractivity contribution < 1.29 is 19.1 Å². The lowest BCUT2D eigenvalue weighted by Crippen LogP contribution is -2.23. The third-order valence-electron chi connectivity index (χ3n) is 4.73. The Kier molecular flexibility index (Phi) is 7.31. The van der Waals surface area contributed by atoms with E-state index in [0.29, 0.717) is 34.9 Å². The lowest BCUT2D eigenvalue weighted by molar-refractivity contribution is 0.0949. The van der Waals surface area contributed by atoms with E-state index in [9.17, 15) is 9.59 Å². The Hall–Kier alpha value is -3.32. The van der Waals surface area contributed by atoms with E-state index >= 15 is 0 Å². The number of nitrogens with one attached hydrogen (secondary N) is 2. The highest BCUT2D eigenvalue weighted by Gasteiger charge is 2.14. The van der Waals surface area contributed by atoms with E-state index in [1.54, 1.807) is 50.6 Å². The van der Waals surface area contributed by atoms with Crippen LogP contribution in [-0.2, 0) is 6.54 Å². The van der Waals surface area contributed by atoms with Gasteiger partial charge in [-0.25, -0.2) is 0 Å². The van der Waals surface area contributed by atoms with E-state index in [-0.39, 0.29) is 11.8 Å². The SMILES string of the molecule is COc1cc(CNC(=O)c2ccc(C)c(NC(=O)c3ccccc3)c2)cc(Br)c1OC. The fourth-order valence-electron chi connectivity index (χ4n) is 3.04. The Morgan fingerprint density at radius 3 is 2.32 bits per heavy atom. The lowest BCUT2D eigenvalue weighted by atomic mass is 10.1. The minimum atomic E-state index is -0.249. The van der Waals surface area contributed by atoms with Gasteiger partial charge in [-0.2, -0.15) is 0 Å². The third kappa shape index (κ3) is 5.44. The van der Waals surface area contributed by atoms with E-state index in [2.05, 4.69) is 26.6 Å². The molecular formula is C24H23BrN2O4. The predicted molar refractivity (Wildman–Crippen MR) is 124 cm³/mol. The van der Waals surface area contributed by atoms with Crippen LogP contribution in [0.2, 0.25) is 0 Å². The molecule has 7 heteroatoms. The van der Waals surface area contributed by atoms with Gasteiger partial charge in [0.2, 0.25) is 0 Å². The predicted octanol–water partition coefficient (Wildman–Crippen LogP) is 4.96. The number of benzene rings is 3. The summed E-state index contributed by atoms with van der Waals surface area (Å²) in [6.45, 7) is 2.18. The Balaban J connectivity index is 1.72. The maximum Gasteiger partial charge on any atom is 0.255 e. The normalized spacial score (nSPS) is 10.3. The van der Waals surface area contributed by atoms with Crippen molar-refractivity contribution in [3.63, 3.8) is 0 Å². The number of amides is 2. The molecule has 0 atom stereocenters. The van der Waals surface area contributed by atoms with E-state index < -0.39 is 0 Å². The lowest BCUT2D eigenvalue weighted by Gasteiger charge is -2.13. The van der Waals surface area contributed by atoms with Crippen molar-refractivity contribution in [1.82, 2.24) is 5.32 Å². The van der Waals surface area contributed by atoms with Crippen LogP contribution in [0.4, 0.5) is 5.69 Å². The molecular weight excluding hydrogens is 460 g/mol. The molecule has 0 fully saturated rings. The van der Waals surface area contributed by atoms with Gasteiger partial charge in [-0.1, -0.05) is 24.3 Å². The average Bonchev–Trinajstić information content (AvgIpc) is 2.78. The first-order chi connectivity index (χ1) is 14.9. The first kappa shape index (κ1) is 22.4. The summed E-state index contributed by atoms with van der Waals surface area (Å²) in [5.41, 5.74) is 3.31. The standard InChI is InChI=1S/C24H23BrN2O4/c1-15-9-10-18(13-20(15)27-24(29)17-7-5-4-6-8-17)23(28)26-14-16-11-19(25)22(31-3)21(12-16)30-2/h4-13H,14H2,1-3H3,(H,26,28)(H,27,29). The molecule has 0 aliphatic rings. The maximum absolute atomic E-state index is 12.7. The molecule has 0 heterocycles. The number of hydrogen-bond acceptors (Lipinski definition) is 4. The number of hydrogen-bond donors (Lipinski definition) is 2. The molecule has 0 bridgehead atoms. The van der Waals surface area contributed by atoms with Crippen LogP contribution in [0.25, 0.3) is 0 Å². The van der Waals surface area contributed by atoms with Gasteiger partial charge >= 0.3 is 0 Å². The van der Waals surface area contributed by atoms with Crippen LogP contribution >= 0.6 is 15.9 Å². The van der Waals surface area contributed by atoms with Crippen LogP contribution in [0.3, 0.4) is 0 Å². The van der Waals surface area contributed by atoms with Gasteiger partial charge in [-0.05, 0) is 70.4 Å². The second-order valence-corrected chi connectivity index (χ2v) is 7.70. The topological polar surface area (TPSA) is 76.7 Å². The molecule has 3 aromatic carbocycles. The van der Waals surface area contributed by atoms with Crippen molar-refractivity contribution >= 4 is 33.4 Å². The summed E-state index contributed by atoms with van der Waals surface area (Å²) in [4.78, 5) is 25.2. The number of carbonyl (C=O) groups is 2. The third-order valence-corrected chi connectivity index (χ3v) is 5.32. The molecule has 0 aromatic heterocycles. The quantitative estimate of drug-likeness (QED) is 0.498. The van der Waals surface area contributed by atoms with Crippen molar-refractivity contribution in [2.24, 2.45) is 0 Å². The van der Waals surface area contributed by atoms with Crippen LogP contribution < -0.4 is 20.1 Å². The summed E-state index contributed by atoms with van der Waals surface area (Å²) in [5, 5.41) is 5.77. The average molecular weight is 483 g/mol. The van der Waals surface area contributed by atoms with E-state index in [0.717, 1.165) is 15.6 Å². The molecule has 31 heavy (non-hydrogen) atoms. The van der Waals surface area contributed by atoms with E-state index in [1.807, 2.05) is 31.2 Å². The Morgan fingerprint density at radius 1 is 0.903 bits per heavy atom. The summed E-state index contributed by atoms with van der Waals surface area (Å²) in [6.07, 6.45) is 0. The molecule has 6 nitrogen and oxygen atoms in total. The highest BCUT2D eigenvalue weighted by molar-refractivity contribution is 9.10. The molecule has 0 spiro atoms. The zero-order valence-corrected chi connectivity index (χ0v) is 19.1. The van der Waals surface area contributed by atoms with Gasteiger partial charge in [-0.15, -0.1) is 0 Å². The van der Waals surface area contributed by atoms with Gasteiger partial charge in [0.15, 0.2) is 11.5 Å².